The first kappa shape index (κ1) is 48.5. The molecule has 12 rings (SSSR count). The molecule has 7 N–H and O–H groups in total. The Labute approximate surface area is 401 Å². The first-order valence-electron chi connectivity index (χ1n) is 21.9. The number of fused-ring (bicyclic) bond motifs is 6. The van der Waals surface area contributed by atoms with Crippen LogP contribution in [0.15, 0.2) is 210 Å². The van der Waals surface area contributed by atoms with Crippen molar-refractivity contribution in [2.24, 2.45) is 0 Å². The van der Waals surface area contributed by atoms with Crippen LogP contribution in [-0.4, -0.2) is 55.4 Å². The molecule has 0 amide bonds. The predicted octanol–water partition coefficient (Wildman–Crippen LogP) is 10.9. The van der Waals surface area contributed by atoms with E-state index < -0.39 is 0 Å². The second-order valence-corrected chi connectivity index (χ2v) is 15.6. The number of aliphatic hydroxyl groups excluding tert-OH is 1. The molecule has 348 valence electrons. The number of para-hydroxylation sites is 4. The van der Waals surface area contributed by atoms with Crippen LogP contribution in [0.4, 0.5) is 0 Å². The standard InChI is InChI=1S/C10H9NO2.2C10H9NO.3C9H7NO/c12-6-7-3-4-9(13)10-8(7)2-1-5-11-10;1-7-5-6-8-3-2-4-9(12)10(8)11-7;1-7-6-10(12)8-4-2-3-5-9(8)11-7;11-8-5-1-3-7-4-2-6-10-9(7)8;11-8-3-4-9-7(6-8)2-1-5-10-9;11-9-6-5-7-3-1-2-4-8(7)10-9/h1-5,12-13H,6H2;2-6,12H,1H3;2-6H,1H3,(H,11,12);2*1-6,11H;1-6H,(H,10,11). The number of aromatic amines is 2. The summed E-state index contributed by atoms with van der Waals surface area (Å²) in [6.07, 6.45) is 5.02. The van der Waals surface area contributed by atoms with Gasteiger partial charge in [-0.15, -0.1) is 0 Å². The van der Waals surface area contributed by atoms with Crippen LogP contribution in [0.3, 0.4) is 0 Å². The lowest BCUT2D eigenvalue weighted by atomic mass is 10.1. The molecule has 70 heavy (non-hydrogen) atoms. The van der Waals surface area contributed by atoms with E-state index in [0.29, 0.717) is 16.6 Å². The van der Waals surface area contributed by atoms with Gasteiger partial charge < -0.3 is 35.5 Å². The summed E-state index contributed by atoms with van der Waals surface area (Å²) in [5, 5.41) is 51.8. The van der Waals surface area contributed by atoms with Crippen molar-refractivity contribution in [1.82, 2.24) is 29.9 Å². The first-order chi connectivity index (χ1) is 34.0. The van der Waals surface area contributed by atoms with Crippen LogP contribution in [0.5, 0.6) is 23.0 Å². The number of rotatable bonds is 1. The van der Waals surface area contributed by atoms with Gasteiger partial charge in [-0.3, -0.25) is 24.5 Å². The molecule has 0 bridgehead atoms. The third-order valence-electron chi connectivity index (χ3n) is 10.6. The molecule has 6 aromatic carbocycles. The maximum Gasteiger partial charge on any atom is 0.248 e. The molecule has 0 aliphatic carbocycles. The van der Waals surface area contributed by atoms with E-state index in [-0.39, 0.29) is 40.6 Å². The number of aromatic nitrogens is 6. The van der Waals surface area contributed by atoms with E-state index in [2.05, 4.69) is 29.9 Å². The molecule has 0 radical (unpaired) electrons. The van der Waals surface area contributed by atoms with E-state index in [0.717, 1.165) is 65.8 Å². The number of nitrogens with zero attached hydrogens (tertiary/aromatic N) is 4. The largest absolute Gasteiger partial charge is 0.508 e. The van der Waals surface area contributed by atoms with Crippen molar-refractivity contribution >= 4 is 65.4 Å². The number of pyridine rings is 6. The highest BCUT2D eigenvalue weighted by Gasteiger charge is 2.04. The summed E-state index contributed by atoms with van der Waals surface area (Å²) in [5.74, 6) is 0.914. The van der Waals surface area contributed by atoms with Crippen molar-refractivity contribution in [3.8, 4) is 23.0 Å². The van der Waals surface area contributed by atoms with E-state index in [1.54, 1.807) is 79.3 Å². The Morgan fingerprint density at radius 1 is 0.457 bits per heavy atom. The highest BCUT2D eigenvalue weighted by atomic mass is 16.3. The van der Waals surface area contributed by atoms with Crippen molar-refractivity contribution < 1.29 is 25.5 Å². The molecule has 0 aliphatic rings. The number of phenols is 4. The molecule has 13 nitrogen and oxygen atoms in total. The molecule has 0 saturated carbocycles. The van der Waals surface area contributed by atoms with Crippen LogP contribution in [0.2, 0.25) is 0 Å². The summed E-state index contributed by atoms with van der Waals surface area (Å²) in [4.78, 5) is 44.5. The lowest BCUT2D eigenvalue weighted by molar-refractivity contribution is 0.283. The minimum Gasteiger partial charge on any atom is -0.508 e. The lowest BCUT2D eigenvalue weighted by Crippen LogP contribution is -2.01. The second-order valence-electron chi connectivity index (χ2n) is 15.6. The van der Waals surface area contributed by atoms with Crippen molar-refractivity contribution in [1.29, 1.82) is 0 Å². The summed E-state index contributed by atoms with van der Waals surface area (Å²) >= 11 is 0. The number of aryl methyl sites for hydroxylation is 2. The van der Waals surface area contributed by atoms with Gasteiger partial charge >= 0.3 is 0 Å². The molecule has 0 saturated heterocycles. The van der Waals surface area contributed by atoms with E-state index in [1.807, 2.05) is 129 Å². The number of H-pyrrole nitrogens is 2. The zero-order chi connectivity index (χ0) is 49.4. The average Bonchev–Trinajstić information content (AvgIpc) is 3.38. The van der Waals surface area contributed by atoms with Crippen molar-refractivity contribution in [2.45, 2.75) is 20.5 Å². The van der Waals surface area contributed by atoms with E-state index >= 15 is 0 Å². The molecular weight excluding hydrogens is 881 g/mol. The van der Waals surface area contributed by atoms with Gasteiger partial charge in [0.15, 0.2) is 5.43 Å². The molecule has 13 heteroatoms. The highest BCUT2D eigenvalue weighted by molar-refractivity contribution is 5.87. The number of hydrogen-bond donors (Lipinski definition) is 7. The van der Waals surface area contributed by atoms with E-state index in [9.17, 15) is 24.9 Å². The number of hydrogen-bond acceptors (Lipinski definition) is 11. The number of nitrogens with one attached hydrogen (secondary N) is 2. The molecule has 6 aromatic heterocycles. The van der Waals surface area contributed by atoms with Crippen LogP contribution >= 0.6 is 0 Å². The molecule has 0 aliphatic heterocycles. The average molecular weight is 929 g/mol. The summed E-state index contributed by atoms with van der Waals surface area (Å²) in [6, 6.07) is 54.3. The van der Waals surface area contributed by atoms with Crippen LogP contribution < -0.4 is 11.0 Å². The van der Waals surface area contributed by atoms with Crippen molar-refractivity contribution in [3.05, 3.63) is 238 Å². The van der Waals surface area contributed by atoms with Gasteiger partial charge in [-0.25, -0.2) is 4.98 Å². The van der Waals surface area contributed by atoms with Gasteiger partial charge in [0.25, 0.3) is 0 Å². The van der Waals surface area contributed by atoms with Gasteiger partial charge in [0.1, 0.15) is 39.5 Å². The molecule has 12 aromatic rings. The van der Waals surface area contributed by atoms with Gasteiger partial charge in [0.05, 0.1) is 12.1 Å². The molecule has 0 unspecified atom stereocenters. The lowest BCUT2D eigenvalue weighted by Gasteiger charge is -2.03. The van der Waals surface area contributed by atoms with Crippen LogP contribution in [0, 0.1) is 13.8 Å². The van der Waals surface area contributed by atoms with Gasteiger partial charge in [-0.1, -0.05) is 84.9 Å². The Morgan fingerprint density at radius 3 is 1.80 bits per heavy atom. The third kappa shape index (κ3) is 12.7. The fourth-order valence-corrected chi connectivity index (χ4v) is 7.16. The van der Waals surface area contributed by atoms with Gasteiger partial charge in [0.2, 0.25) is 5.56 Å². The number of aromatic hydroxyl groups is 4. The predicted molar refractivity (Wildman–Crippen MR) is 278 cm³/mol. The monoisotopic (exact) mass is 928 g/mol. The van der Waals surface area contributed by atoms with Gasteiger partial charge in [0, 0.05) is 80.1 Å². The summed E-state index contributed by atoms with van der Waals surface area (Å²) in [7, 11) is 0. The zero-order valence-corrected chi connectivity index (χ0v) is 38.1. The molecular formula is C57H48N6O7. The number of aliphatic hydroxyl groups is 1. The third-order valence-corrected chi connectivity index (χ3v) is 10.6. The minimum atomic E-state index is -0.0521. The van der Waals surface area contributed by atoms with E-state index in [4.69, 9.17) is 10.2 Å². The fraction of sp³-hybridized carbons (Fsp3) is 0.0526. The summed E-state index contributed by atoms with van der Waals surface area (Å²) in [5.41, 5.74) is 7.21. The van der Waals surface area contributed by atoms with Crippen molar-refractivity contribution in [3.63, 3.8) is 0 Å². The topological polar surface area (TPSA) is 218 Å². The maximum absolute atomic E-state index is 11.4. The van der Waals surface area contributed by atoms with Gasteiger partial charge in [-0.2, -0.15) is 0 Å². The Hall–Kier alpha value is -9.46. The Morgan fingerprint density at radius 2 is 1.04 bits per heavy atom. The smallest absolute Gasteiger partial charge is 0.248 e. The van der Waals surface area contributed by atoms with Crippen molar-refractivity contribution in [2.75, 3.05) is 0 Å². The molecule has 6 heterocycles. The van der Waals surface area contributed by atoms with Crippen LogP contribution in [0.25, 0.3) is 65.4 Å². The first-order valence-corrected chi connectivity index (χ1v) is 21.9. The molecule has 0 atom stereocenters. The Kier molecular flexibility index (Phi) is 16.1. The SMILES string of the molecule is Cc1cc(=O)c2ccccc2[nH]1.Cc1ccc2cccc(O)c2n1.O=c1ccc2ccccc2[nH]1.OCc1ccc(O)c2ncccc12.Oc1ccc2ncccc2c1.Oc1cccc2cccnc12. The Bertz CT molecular complexity index is 3810. The highest BCUT2D eigenvalue weighted by Crippen LogP contribution is 2.26. The molecule has 0 fully saturated rings. The summed E-state index contributed by atoms with van der Waals surface area (Å²) < 4.78 is 0. The Balaban J connectivity index is 0.000000124. The number of phenolic OH excluding ortho intramolecular Hbond substituents is 4. The molecule has 0 spiro atoms. The zero-order valence-electron chi connectivity index (χ0n) is 38.1. The van der Waals surface area contributed by atoms with Crippen LogP contribution in [0.1, 0.15) is 17.0 Å². The van der Waals surface area contributed by atoms with Gasteiger partial charge in [-0.05, 0) is 110 Å². The maximum atomic E-state index is 11.4. The quantitative estimate of drug-likeness (QED) is 0.0821. The number of benzene rings is 6. The fourth-order valence-electron chi connectivity index (χ4n) is 7.16. The minimum absolute atomic E-state index is 0.0392. The summed E-state index contributed by atoms with van der Waals surface area (Å²) in [6.45, 7) is 3.75. The van der Waals surface area contributed by atoms with E-state index in [1.165, 1.54) is 6.07 Å². The second kappa shape index (κ2) is 23.3. The van der Waals surface area contributed by atoms with Crippen LogP contribution in [-0.2, 0) is 6.61 Å². The normalized spacial score (nSPS) is 10.3.